The van der Waals surface area contributed by atoms with Crippen LogP contribution in [0.25, 0.3) is 44.4 Å². The average Bonchev–Trinajstić information content (AvgIpc) is 3.25. The molecular formula is C52H42BN. The Morgan fingerprint density at radius 1 is 0.296 bits per heavy atom. The highest BCUT2D eigenvalue weighted by molar-refractivity contribution is 7.16. The fraction of sp³-hybridized carbons (Fsp3) is 0.0385. The van der Waals surface area contributed by atoms with E-state index in [2.05, 4.69) is 232 Å². The molecule has 1 aliphatic rings. The summed E-state index contributed by atoms with van der Waals surface area (Å²) in [6.45, 7) is 0. The van der Waals surface area contributed by atoms with Crippen molar-refractivity contribution in [3.05, 3.63) is 235 Å². The summed E-state index contributed by atoms with van der Waals surface area (Å²) in [5, 5.41) is 0. The van der Waals surface area contributed by atoms with Crippen molar-refractivity contribution in [3.63, 3.8) is 0 Å². The van der Waals surface area contributed by atoms with Gasteiger partial charge in [-0.25, -0.2) is 0 Å². The minimum absolute atomic E-state index is 0.650. The Balaban J connectivity index is 1.39. The van der Waals surface area contributed by atoms with Gasteiger partial charge in [0.05, 0.1) is 5.69 Å². The number of quaternary nitrogens is 1. The third-order valence-electron chi connectivity index (χ3n) is 11.8. The molecular weight excluding hydrogens is 649 g/mol. The number of nitrogens with zero attached hydrogens (tertiary/aromatic N) is 1. The zero-order valence-corrected chi connectivity index (χ0v) is 30.8. The molecule has 0 aliphatic carbocycles. The predicted octanol–water partition coefficient (Wildman–Crippen LogP) is 11.5. The van der Waals surface area contributed by atoms with Crippen molar-refractivity contribution in [2.75, 3.05) is 14.1 Å². The van der Waals surface area contributed by atoms with Crippen molar-refractivity contribution in [1.82, 2.24) is 4.39 Å². The van der Waals surface area contributed by atoms with Gasteiger partial charge < -0.3 is 4.39 Å². The van der Waals surface area contributed by atoms with E-state index in [4.69, 9.17) is 0 Å². The highest BCUT2D eigenvalue weighted by Gasteiger charge is 2.53. The van der Waals surface area contributed by atoms with Crippen molar-refractivity contribution in [2.45, 2.75) is 0 Å². The molecule has 0 unspecified atom stereocenters. The molecule has 0 spiro atoms. The van der Waals surface area contributed by atoms with Crippen molar-refractivity contribution in [3.8, 4) is 33.4 Å². The van der Waals surface area contributed by atoms with Crippen LogP contribution in [0.3, 0.4) is 0 Å². The molecule has 1 heterocycles. The summed E-state index contributed by atoms with van der Waals surface area (Å²) in [4.78, 5) is 0. The molecule has 9 rings (SSSR count). The quantitative estimate of drug-likeness (QED) is 0.146. The van der Waals surface area contributed by atoms with Crippen LogP contribution in [0.5, 0.6) is 0 Å². The minimum Gasteiger partial charge on any atom is -0.474 e. The zero-order valence-electron chi connectivity index (χ0n) is 30.8. The second kappa shape index (κ2) is 13.8. The van der Waals surface area contributed by atoms with E-state index in [1.165, 1.54) is 77.7 Å². The van der Waals surface area contributed by atoms with Crippen molar-refractivity contribution in [2.24, 2.45) is 0 Å². The second-order valence-corrected chi connectivity index (χ2v) is 15.0. The Bertz CT molecular complexity index is 2470. The fourth-order valence-electron chi connectivity index (χ4n) is 9.29. The molecule has 1 nitrogen and oxygen atoms in total. The molecule has 0 atom stereocenters. The van der Waals surface area contributed by atoms with Gasteiger partial charge in [-0.2, -0.15) is 0 Å². The Morgan fingerprint density at radius 2 is 0.611 bits per heavy atom. The maximum Gasteiger partial charge on any atom is 0.296 e. The lowest BCUT2D eigenvalue weighted by Gasteiger charge is -2.61. The maximum absolute atomic E-state index is 2.43. The fourth-order valence-corrected chi connectivity index (χ4v) is 9.29. The standard InChI is InChI=1S/C52H42BN/c1-54(2)50-26-16-15-25-49(50)51(45-23-13-6-14-24-45)52(46-29-27-42(28-30-46)39-17-7-3-8-18-39)53(54,47-35-31-43(32-36-47)40-19-9-4-10-20-40)48-37-33-44(34-38-48)41-21-11-5-12-22-41/h3-38H,1-2H3. The van der Waals surface area contributed by atoms with Crippen LogP contribution in [0.4, 0.5) is 5.69 Å². The summed E-state index contributed by atoms with van der Waals surface area (Å²) in [5.74, 6) is 0. The van der Waals surface area contributed by atoms with Gasteiger partial charge in [0, 0.05) is 19.7 Å². The second-order valence-electron chi connectivity index (χ2n) is 15.0. The molecule has 0 bridgehead atoms. The van der Waals surface area contributed by atoms with E-state index in [-0.39, 0.29) is 0 Å². The SMILES string of the molecule is C[N+]1(C)c2ccccc2C(c2ccccc2)=C(c2ccc(-c3ccccc3)cc2)[B-]1(c1ccc(-c2ccccc2)cc1)c1ccc(-c2ccccc2)cc1. The van der Waals surface area contributed by atoms with Crippen LogP contribution in [0.15, 0.2) is 218 Å². The number of para-hydroxylation sites is 1. The van der Waals surface area contributed by atoms with E-state index < -0.39 is 6.28 Å². The number of fused-ring (bicyclic) bond motifs is 1. The molecule has 0 saturated heterocycles. The van der Waals surface area contributed by atoms with Gasteiger partial charge in [0.1, 0.15) is 0 Å². The van der Waals surface area contributed by atoms with Gasteiger partial charge >= 0.3 is 0 Å². The van der Waals surface area contributed by atoms with Crippen LogP contribution in [0.1, 0.15) is 16.7 Å². The van der Waals surface area contributed by atoms with Gasteiger partial charge in [-0.3, -0.25) is 0 Å². The monoisotopic (exact) mass is 691 g/mol. The van der Waals surface area contributed by atoms with Crippen LogP contribution in [-0.2, 0) is 0 Å². The van der Waals surface area contributed by atoms with Gasteiger partial charge in [0.25, 0.3) is 6.28 Å². The summed E-state index contributed by atoms with van der Waals surface area (Å²) in [7, 11) is 4.85. The summed E-state index contributed by atoms with van der Waals surface area (Å²) in [5.41, 5.74) is 17.6. The smallest absolute Gasteiger partial charge is 0.296 e. The highest BCUT2D eigenvalue weighted by atomic mass is 15.3. The van der Waals surface area contributed by atoms with Crippen LogP contribution in [0, 0.1) is 0 Å². The summed E-state index contributed by atoms with van der Waals surface area (Å²) < 4.78 is 0.650. The first-order valence-electron chi connectivity index (χ1n) is 18.9. The first-order valence-corrected chi connectivity index (χ1v) is 18.9. The predicted molar refractivity (Wildman–Crippen MR) is 233 cm³/mol. The van der Waals surface area contributed by atoms with Crippen LogP contribution in [0.2, 0.25) is 0 Å². The molecule has 0 fully saturated rings. The molecule has 0 N–H and O–H groups in total. The van der Waals surface area contributed by atoms with Crippen LogP contribution in [-0.4, -0.2) is 20.4 Å². The maximum atomic E-state index is 2.43. The van der Waals surface area contributed by atoms with Gasteiger partial charge in [-0.15, -0.1) is 16.4 Å². The molecule has 1 aliphatic heterocycles. The first kappa shape index (κ1) is 33.4. The zero-order chi connectivity index (χ0) is 36.5. The van der Waals surface area contributed by atoms with Gasteiger partial charge in [0.15, 0.2) is 0 Å². The Morgan fingerprint density at radius 3 is 1.04 bits per heavy atom. The van der Waals surface area contributed by atoms with E-state index in [1.807, 2.05) is 0 Å². The molecule has 0 radical (unpaired) electrons. The Kier molecular flexibility index (Phi) is 8.54. The lowest BCUT2D eigenvalue weighted by Crippen LogP contribution is -2.80. The summed E-state index contributed by atoms with van der Waals surface area (Å²) in [6, 6.07) is 80.5. The first-order chi connectivity index (χ1) is 26.6. The van der Waals surface area contributed by atoms with Crippen LogP contribution >= 0.6 is 0 Å². The molecule has 258 valence electrons. The minimum atomic E-state index is -1.74. The van der Waals surface area contributed by atoms with E-state index in [9.17, 15) is 0 Å². The summed E-state index contributed by atoms with van der Waals surface area (Å²) >= 11 is 0. The Labute approximate surface area is 319 Å². The van der Waals surface area contributed by atoms with Crippen molar-refractivity contribution >= 4 is 33.9 Å². The molecule has 0 aromatic heterocycles. The highest BCUT2D eigenvalue weighted by Crippen LogP contribution is 2.50. The number of rotatable bonds is 7. The van der Waals surface area contributed by atoms with Crippen molar-refractivity contribution < 1.29 is 0 Å². The topological polar surface area (TPSA) is 0 Å². The molecule has 8 aromatic rings. The van der Waals surface area contributed by atoms with Gasteiger partial charge in [-0.1, -0.05) is 212 Å². The molecule has 0 amide bonds. The normalized spacial score (nSPS) is 14.3. The molecule has 0 saturated carbocycles. The van der Waals surface area contributed by atoms with Crippen molar-refractivity contribution in [1.29, 1.82) is 0 Å². The van der Waals surface area contributed by atoms with Crippen LogP contribution < -0.4 is 15.3 Å². The largest absolute Gasteiger partial charge is 0.474 e. The van der Waals surface area contributed by atoms with Gasteiger partial charge in [-0.05, 0) is 56.6 Å². The molecule has 54 heavy (non-hydrogen) atoms. The molecule has 2 heteroatoms. The average molecular weight is 692 g/mol. The number of hydrogen-bond donors (Lipinski definition) is 0. The lowest BCUT2D eigenvalue weighted by atomic mass is 9.19. The lowest BCUT2D eigenvalue weighted by molar-refractivity contribution is 0.610. The molecule has 8 aromatic carbocycles. The third kappa shape index (κ3) is 5.55. The van der Waals surface area contributed by atoms with E-state index in [0.717, 1.165) is 0 Å². The van der Waals surface area contributed by atoms with Gasteiger partial charge in [0.2, 0.25) is 0 Å². The van der Waals surface area contributed by atoms with E-state index in [1.54, 1.807) is 0 Å². The number of benzene rings is 8. The van der Waals surface area contributed by atoms with E-state index in [0.29, 0.717) is 4.39 Å². The van der Waals surface area contributed by atoms with E-state index >= 15 is 0 Å². The Hall–Kier alpha value is -6.48. The summed E-state index contributed by atoms with van der Waals surface area (Å²) in [6.07, 6.45) is -1.74. The third-order valence-corrected chi connectivity index (χ3v) is 11.8. The number of hydrogen-bond acceptors (Lipinski definition) is 0.